The number of alkyl halides is 3. The van der Waals surface area contributed by atoms with Crippen LogP contribution in [0.4, 0.5) is 13.2 Å². The van der Waals surface area contributed by atoms with Crippen LogP contribution in [0.25, 0.3) is 10.9 Å². The van der Waals surface area contributed by atoms with Crippen molar-refractivity contribution in [3.05, 3.63) is 65.9 Å². The van der Waals surface area contributed by atoms with Crippen LogP contribution in [0.15, 0.2) is 54.6 Å². The Morgan fingerprint density at radius 1 is 1.11 bits per heavy atom. The van der Waals surface area contributed by atoms with E-state index >= 15 is 0 Å². The highest BCUT2D eigenvalue weighted by atomic mass is 19.3. The molecule has 1 heterocycles. The zero-order valence-corrected chi connectivity index (χ0v) is 15.9. The summed E-state index contributed by atoms with van der Waals surface area (Å²) in [6.45, 7) is 0.655. The van der Waals surface area contributed by atoms with Gasteiger partial charge in [0.1, 0.15) is 11.4 Å². The van der Waals surface area contributed by atoms with Gasteiger partial charge in [0.25, 0.3) is 6.43 Å². The van der Waals surface area contributed by atoms with Crippen LogP contribution >= 0.6 is 0 Å². The van der Waals surface area contributed by atoms with Crippen LogP contribution in [-0.4, -0.2) is 35.9 Å². The number of aromatic amines is 1. The van der Waals surface area contributed by atoms with Gasteiger partial charge in [0.05, 0.1) is 13.8 Å². The maximum atomic E-state index is 14.1. The van der Waals surface area contributed by atoms with Crippen LogP contribution in [0.3, 0.4) is 0 Å². The third-order valence-corrected chi connectivity index (χ3v) is 5.25. The lowest BCUT2D eigenvalue weighted by molar-refractivity contribution is -0.113. The number of benzene rings is 2. The maximum absolute atomic E-state index is 14.1. The number of halogens is 3. The van der Waals surface area contributed by atoms with Crippen molar-refractivity contribution in [2.24, 2.45) is 0 Å². The van der Waals surface area contributed by atoms with Crippen molar-refractivity contribution in [2.45, 2.75) is 37.2 Å². The number of ether oxygens (including phenoxy) is 1. The van der Waals surface area contributed by atoms with Gasteiger partial charge in [-0.25, -0.2) is 8.78 Å². The number of H-pyrrole nitrogens is 1. The van der Waals surface area contributed by atoms with Crippen LogP contribution in [0.1, 0.15) is 24.6 Å². The number of hydrogen-bond donors (Lipinski definition) is 2. The summed E-state index contributed by atoms with van der Waals surface area (Å²) in [6, 6.07) is 15.8. The SMILES string of the molecule is COc1cccc(C(C)(CF)CC(O)(Cc2cc3ccccc3[nH]2)C(F)F)c1. The number of methoxy groups -OCH3 is 1. The molecule has 0 radical (unpaired) electrons. The number of aliphatic hydroxyl groups is 1. The molecule has 150 valence electrons. The minimum Gasteiger partial charge on any atom is -0.497 e. The van der Waals surface area contributed by atoms with Gasteiger partial charge < -0.3 is 14.8 Å². The zero-order valence-electron chi connectivity index (χ0n) is 15.9. The molecule has 3 aromatic rings. The molecule has 28 heavy (non-hydrogen) atoms. The summed E-state index contributed by atoms with van der Waals surface area (Å²) in [4.78, 5) is 3.06. The van der Waals surface area contributed by atoms with Crippen molar-refractivity contribution in [1.82, 2.24) is 4.98 Å². The maximum Gasteiger partial charge on any atom is 0.267 e. The molecule has 2 atom stereocenters. The van der Waals surface area contributed by atoms with Gasteiger partial charge in [-0.05, 0) is 41.6 Å². The van der Waals surface area contributed by atoms with E-state index < -0.39 is 30.5 Å². The van der Waals surface area contributed by atoms with E-state index in [1.807, 2.05) is 24.3 Å². The first-order chi connectivity index (χ1) is 13.3. The van der Waals surface area contributed by atoms with E-state index in [1.54, 1.807) is 37.3 Å². The van der Waals surface area contributed by atoms with Gasteiger partial charge in [0, 0.05) is 23.0 Å². The first-order valence-electron chi connectivity index (χ1n) is 9.07. The van der Waals surface area contributed by atoms with Crippen molar-refractivity contribution in [1.29, 1.82) is 0 Å². The van der Waals surface area contributed by atoms with E-state index in [2.05, 4.69) is 4.98 Å². The van der Waals surface area contributed by atoms with Crippen molar-refractivity contribution in [3.8, 4) is 5.75 Å². The molecule has 2 N–H and O–H groups in total. The molecule has 0 aliphatic heterocycles. The number of hydrogen-bond acceptors (Lipinski definition) is 2. The molecule has 0 fully saturated rings. The monoisotopic (exact) mass is 391 g/mol. The van der Waals surface area contributed by atoms with E-state index in [9.17, 15) is 18.3 Å². The summed E-state index contributed by atoms with van der Waals surface area (Å²) < 4.78 is 47.1. The number of fused-ring (bicyclic) bond motifs is 1. The number of rotatable bonds is 8. The normalized spacial score (nSPS) is 16.1. The Bertz CT molecular complexity index is 909. The van der Waals surface area contributed by atoms with Gasteiger partial charge in [-0.2, -0.15) is 0 Å². The second-order valence-corrected chi connectivity index (χ2v) is 7.57. The van der Waals surface area contributed by atoms with Crippen LogP contribution < -0.4 is 4.74 Å². The molecule has 0 amide bonds. The molecule has 0 aliphatic carbocycles. The average molecular weight is 391 g/mol. The lowest BCUT2D eigenvalue weighted by atomic mass is 9.73. The van der Waals surface area contributed by atoms with Gasteiger partial charge in [-0.3, -0.25) is 4.39 Å². The summed E-state index contributed by atoms with van der Waals surface area (Å²) in [7, 11) is 1.48. The van der Waals surface area contributed by atoms with E-state index in [0.717, 1.165) is 10.9 Å². The second-order valence-electron chi connectivity index (χ2n) is 7.57. The Morgan fingerprint density at radius 2 is 1.86 bits per heavy atom. The van der Waals surface area contributed by atoms with Crippen molar-refractivity contribution in [2.75, 3.05) is 13.8 Å². The standard InChI is InChI=1S/C22H24F3NO2/c1-21(14-23,16-7-5-8-18(11-16)28-2)13-22(27,20(24)25)12-17-10-15-6-3-4-9-19(15)26-17/h3-11,20,26-27H,12-14H2,1-2H3. The highest BCUT2D eigenvalue weighted by molar-refractivity contribution is 5.80. The third kappa shape index (κ3) is 4.02. The first kappa shape index (κ1) is 20.3. The Morgan fingerprint density at radius 3 is 2.50 bits per heavy atom. The molecular formula is C22H24F3NO2. The summed E-state index contributed by atoms with van der Waals surface area (Å²) >= 11 is 0. The molecule has 0 saturated carbocycles. The fourth-order valence-electron chi connectivity index (χ4n) is 3.68. The molecule has 2 unspecified atom stereocenters. The molecule has 0 bridgehead atoms. The average Bonchev–Trinajstić information content (AvgIpc) is 3.09. The van der Waals surface area contributed by atoms with E-state index in [4.69, 9.17) is 4.74 Å². The van der Waals surface area contributed by atoms with Gasteiger partial charge >= 0.3 is 0 Å². The summed E-state index contributed by atoms with van der Waals surface area (Å²) in [5.41, 5.74) is -1.88. The molecule has 3 rings (SSSR count). The minimum absolute atomic E-state index is 0.307. The Balaban J connectivity index is 1.92. The number of aromatic nitrogens is 1. The van der Waals surface area contributed by atoms with Crippen LogP contribution in [-0.2, 0) is 11.8 Å². The quantitative estimate of drug-likeness (QED) is 0.566. The third-order valence-electron chi connectivity index (χ3n) is 5.25. The number of nitrogens with one attached hydrogen (secondary N) is 1. The molecule has 3 nitrogen and oxygen atoms in total. The fourth-order valence-corrected chi connectivity index (χ4v) is 3.68. The lowest BCUT2D eigenvalue weighted by Gasteiger charge is -2.37. The Hall–Kier alpha value is -2.47. The van der Waals surface area contributed by atoms with Gasteiger partial charge in [0.2, 0.25) is 0 Å². The summed E-state index contributed by atoms with van der Waals surface area (Å²) in [6.07, 6.45) is -3.77. The Labute approximate surface area is 162 Å². The predicted molar refractivity (Wildman–Crippen MR) is 104 cm³/mol. The van der Waals surface area contributed by atoms with E-state index in [0.29, 0.717) is 17.0 Å². The molecular weight excluding hydrogens is 367 g/mol. The van der Waals surface area contributed by atoms with Crippen molar-refractivity contribution in [3.63, 3.8) is 0 Å². The highest BCUT2D eigenvalue weighted by Gasteiger charge is 2.45. The van der Waals surface area contributed by atoms with Crippen LogP contribution in [0.5, 0.6) is 5.75 Å². The smallest absolute Gasteiger partial charge is 0.267 e. The van der Waals surface area contributed by atoms with Gasteiger partial charge in [-0.1, -0.05) is 37.3 Å². The molecule has 0 saturated heterocycles. The largest absolute Gasteiger partial charge is 0.497 e. The van der Waals surface area contributed by atoms with Gasteiger partial charge in [0.15, 0.2) is 0 Å². The van der Waals surface area contributed by atoms with Gasteiger partial charge in [-0.15, -0.1) is 0 Å². The molecule has 1 aromatic heterocycles. The topological polar surface area (TPSA) is 45.2 Å². The van der Waals surface area contributed by atoms with E-state index in [-0.39, 0.29) is 6.42 Å². The predicted octanol–water partition coefficient (Wildman–Crippen LogP) is 5.03. The summed E-state index contributed by atoms with van der Waals surface area (Å²) in [5.74, 6) is 0.508. The molecule has 0 aliphatic rings. The molecule has 0 spiro atoms. The minimum atomic E-state index is -3.03. The van der Waals surface area contributed by atoms with Crippen LogP contribution in [0.2, 0.25) is 0 Å². The van der Waals surface area contributed by atoms with Crippen molar-refractivity contribution >= 4 is 10.9 Å². The highest BCUT2D eigenvalue weighted by Crippen LogP contribution is 2.39. The lowest BCUT2D eigenvalue weighted by Crippen LogP contribution is -2.46. The zero-order chi connectivity index (χ0) is 20.4. The molecule has 6 heteroatoms. The second kappa shape index (κ2) is 7.87. The summed E-state index contributed by atoms with van der Waals surface area (Å²) in [5, 5.41) is 11.7. The fraction of sp³-hybridized carbons (Fsp3) is 0.364. The van der Waals surface area contributed by atoms with E-state index in [1.165, 1.54) is 7.11 Å². The Kier molecular flexibility index (Phi) is 5.70. The van der Waals surface area contributed by atoms with Crippen molar-refractivity contribution < 1.29 is 23.0 Å². The van der Waals surface area contributed by atoms with Crippen LogP contribution in [0, 0.1) is 0 Å². The number of para-hydroxylation sites is 1. The molecule has 2 aromatic carbocycles. The first-order valence-corrected chi connectivity index (χ1v) is 9.07.